The topological polar surface area (TPSA) is 61.4 Å². The molecule has 1 aromatic heterocycles. The molecule has 1 atom stereocenters. The molecule has 0 saturated carbocycles. The van der Waals surface area contributed by atoms with Gasteiger partial charge in [0.15, 0.2) is 0 Å². The van der Waals surface area contributed by atoms with Crippen LogP contribution in [0, 0.1) is 12.8 Å². The van der Waals surface area contributed by atoms with Gasteiger partial charge in [-0.25, -0.2) is 9.97 Å². The average molecular weight is 367 g/mol. The fourth-order valence-corrected chi connectivity index (χ4v) is 3.64. The number of hydrogen-bond donors (Lipinski definition) is 1. The van der Waals surface area contributed by atoms with E-state index in [9.17, 15) is 4.79 Å². The molecule has 1 unspecified atom stereocenters. The van der Waals surface area contributed by atoms with Crippen LogP contribution in [0.2, 0.25) is 0 Å². The summed E-state index contributed by atoms with van der Waals surface area (Å²) in [6, 6.07) is 10.2. The Morgan fingerprint density at radius 2 is 2.07 bits per heavy atom. The van der Waals surface area contributed by atoms with Gasteiger partial charge in [-0.3, -0.25) is 4.79 Å². The molecule has 1 aromatic carbocycles. The maximum Gasteiger partial charge on any atom is 0.227 e. The highest BCUT2D eigenvalue weighted by atomic mass is 16.2. The molecule has 2 aromatic rings. The van der Waals surface area contributed by atoms with Crippen molar-refractivity contribution >= 4 is 23.2 Å². The zero-order valence-electron chi connectivity index (χ0n) is 16.5. The third-order valence-electron chi connectivity index (χ3n) is 5.11. The monoisotopic (exact) mass is 367 g/mol. The van der Waals surface area contributed by atoms with Crippen LogP contribution in [0.25, 0.3) is 0 Å². The highest BCUT2D eigenvalue weighted by Gasteiger charge is 2.29. The minimum atomic E-state index is 0.0433. The van der Waals surface area contributed by atoms with Gasteiger partial charge in [0.25, 0.3) is 0 Å². The molecule has 0 aliphatic carbocycles. The number of aryl methyl sites for hydroxylation is 1. The second-order valence-electron chi connectivity index (χ2n) is 7.05. The van der Waals surface area contributed by atoms with Gasteiger partial charge in [-0.05, 0) is 51.3 Å². The van der Waals surface area contributed by atoms with Crippen molar-refractivity contribution in [1.29, 1.82) is 0 Å². The Kier molecular flexibility index (Phi) is 6.27. The SMILES string of the molecule is CCN(CC)C(=O)C1CCCN(c2cc(Nc3cccc(C)c3)ncn2)C1. The highest BCUT2D eigenvalue weighted by Crippen LogP contribution is 2.25. The molecule has 1 N–H and O–H groups in total. The Morgan fingerprint density at radius 3 is 2.81 bits per heavy atom. The van der Waals surface area contributed by atoms with Gasteiger partial charge in [0.1, 0.15) is 18.0 Å². The number of benzene rings is 1. The molecule has 0 bridgehead atoms. The first-order valence-corrected chi connectivity index (χ1v) is 9.80. The quantitative estimate of drug-likeness (QED) is 0.845. The first kappa shape index (κ1) is 19.1. The summed E-state index contributed by atoms with van der Waals surface area (Å²) in [5.74, 6) is 1.94. The van der Waals surface area contributed by atoms with Crippen LogP contribution in [0.4, 0.5) is 17.3 Å². The Balaban J connectivity index is 1.71. The Bertz CT molecular complexity index is 775. The minimum absolute atomic E-state index is 0.0433. The lowest BCUT2D eigenvalue weighted by Gasteiger charge is -2.35. The smallest absolute Gasteiger partial charge is 0.227 e. The van der Waals surface area contributed by atoms with E-state index in [-0.39, 0.29) is 11.8 Å². The molecule has 1 fully saturated rings. The van der Waals surface area contributed by atoms with E-state index < -0.39 is 0 Å². The van der Waals surface area contributed by atoms with Crippen LogP contribution >= 0.6 is 0 Å². The van der Waals surface area contributed by atoms with Gasteiger partial charge in [0.05, 0.1) is 5.92 Å². The van der Waals surface area contributed by atoms with E-state index in [0.29, 0.717) is 0 Å². The molecule has 6 nitrogen and oxygen atoms in total. The number of carbonyl (C=O) groups is 1. The number of anilines is 3. The van der Waals surface area contributed by atoms with E-state index in [1.807, 2.05) is 36.9 Å². The predicted molar refractivity (Wildman–Crippen MR) is 109 cm³/mol. The maximum atomic E-state index is 12.7. The Hall–Kier alpha value is -2.63. The second-order valence-corrected chi connectivity index (χ2v) is 7.05. The number of nitrogens with one attached hydrogen (secondary N) is 1. The molecule has 2 heterocycles. The minimum Gasteiger partial charge on any atom is -0.356 e. The summed E-state index contributed by atoms with van der Waals surface area (Å²) < 4.78 is 0. The van der Waals surface area contributed by atoms with E-state index in [4.69, 9.17) is 0 Å². The third-order valence-corrected chi connectivity index (χ3v) is 5.11. The number of amides is 1. The zero-order chi connectivity index (χ0) is 19.2. The fourth-order valence-electron chi connectivity index (χ4n) is 3.64. The molecule has 1 amide bonds. The predicted octanol–water partition coefficient (Wildman–Crippen LogP) is 3.61. The average Bonchev–Trinajstić information content (AvgIpc) is 2.69. The van der Waals surface area contributed by atoms with Crippen LogP contribution in [0.1, 0.15) is 32.3 Å². The first-order chi connectivity index (χ1) is 13.1. The summed E-state index contributed by atoms with van der Waals surface area (Å²) in [5, 5.41) is 3.34. The Labute approximate surface area is 161 Å². The van der Waals surface area contributed by atoms with Gasteiger partial charge in [-0.1, -0.05) is 12.1 Å². The summed E-state index contributed by atoms with van der Waals surface area (Å²) in [5.41, 5.74) is 2.20. The van der Waals surface area contributed by atoms with Gasteiger partial charge in [0, 0.05) is 37.9 Å². The summed E-state index contributed by atoms with van der Waals surface area (Å²) >= 11 is 0. The molecule has 0 spiro atoms. The van der Waals surface area contributed by atoms with Crippen molar-refractivity contribution in [3.05, 3.63) is 42.2 Å². The third kappa shape index (κ3) is 4.76. The first-order valence-electron chi connectivity index (χ1n) is 9.80. The molecular formula is C21H29N5O. The number of rotatable bonds is 6. The number of hydrogen-bond acceptors (Lipinski definition) is 5. The molecule has 3 rings (SSSR count). The van der Waals surface area contributed by atoms with Crippen LogP contribution < -0.4 is 10.2 Å². The zero-order valence-corrected chi connectivity index (χ0v) is 16.5. The molecule has 6 heteroatoms. The lowest BCUT2D eigenvalue weighted by atomic mass is 9.96. The van der Waals surface area contributed by atoms with E-state index in [2.05, 4.69) is 39.2 Å². The van der Waals surface area contributed by atoms with E-state index in [1.54, 1.807) is 6.33 Å². The number of carbonyl (C=O) groups excluding carboxylic acids is 1. The summed E-state index contributed by atoms with van der Waals surface area (Å²) in [6.45, 7) is 9.32. The normalized spacial score (nSPS) is 16.9. The number of nitrogens with zero attached hydrogens (tertiary/aromatic N) is 4. The van der Waals surface area contributed by atoms with Crippen molar-refractivity contribution in [1.82, 2.24) is 14.9 Å². The largest absolute Gasteiger partial charge is 0.356 e. The molecule has 144 valence electrons. The van der Waals surface area contributed by atoms with Crippen LogP contribution in [0.3, 0.4) is 0 Å². The summed E-state index contributed by atoms with van der Waals surface area (Å²) in [6.07, 6.45) is 3.54. The summed E-state index contributed by atoms with van der Waals surface area (Å²) in [7, 11) is 0. The van der Waals surface area contributed by atoms with Crippen molar-refractivity contribution < 1.29 is 4.79 Å². The van der Waals surface area contributed by atoms with Gasteiger partial charge < -0.3 is 15.1 Å². The van der Waals surface area contributed by atoms with Crippen molar-refractivity contribution in [3.8, 4) is 0 Å². The molecule has 1 aliphatic rings. The van der Waals surface area contributed by atoms with Crippen molar-refractivity contribution in [2.24, 2.45) is 5.92 Å². The maximum absolute atomic E-state index is 12.7. The van der Waals surface area contributed by atoms with Gasteiger partial charge in [-0.2, -0.15) is 0 Å². The molecule has 0 radical (unpaired) electrons. The van der Waals surface area contributed by atoms with Crippen LogP contribution in [0.15, 0.2) is 36.7 Å². The van der Waals surface area contributed by atoms with Crippen molar-refractivity contribution in [3.63, 3.8) is 0 Å². The molecular weight excluding hydrogens is 338 g/mol. The number of piperidine rings is 1. The molecule has 1 saturated heterocycles. The van der Waals surface area contributed by atoms with Crippen LogP contribution in [-0.2, 0) is 4.79 Å². The van der Waals surface area contributed by atoms with Crippen LogP contribution in [-0.4, -0.2) is 47.0 Å². The number of aromatic nitrogens is 2. The highest BCUT2D eigenvalue weighted by molar-refractivity contribution is 5.79. The Morgan fingerprint density at radius 1 is 1.26 bits per heavy atom. The lowest BCUT2D eigenvalue weighted by molar-refractivity contribution is -0.135. The van der Waals surface area contributed by atoms with E-state index >= 15 is 0 Å². The van der Waals surface area contributed by atoms with Crippen LogP contribution in [0.5, 0.6) is 0 Å². The van der Waals surface area contributed by atoms with Crippen molar-refractivity contribution in [2.45, 2.75) is 33.6 Å². The van der Waals surface area contributed by atoms with Gasteiger partial charge in [-0.15, -0.1) is 0 Å². The molecule has 1 aliphatic heterocycles. The second kappa shape index (κ2) is 8.84. The summed E-state index contributed by atoms with van der Waals surface area (Å²) in [4.78, 5) is 25.7. The van der Waals surface area contributed by atoms with E-state index in [1.165, 1.54) is 5.56 Å². The van der Waals surface area contributed by atoms with Gasteiger partial charge >= 0.3 is 0 Å². The van der Waals surface area contributed by atoms with E-state index in [0.717, 1.165) is 56.3 Å². The lowest BCUT2D eigenvalue weighted by Crippen LogP contribution is -2.45. The standard InChI is InChI=1S/C21H29N5O/c1-4-25(5-2)21(27)17-9-7-11-26(14-17)20-13-19(22-15-23-20)24-18-10-6-8-16(3)12-18/h6,8,10,12-13,15,17H,4-5,7,9,11,14H2,1-3H3,(H,22,23,24). The molecule has 27 heavy (non-hydrogen) atoms. The van der Waals surface area contributed by atoms with Gasteiger partial charge in [0.2, 0.25) is 5.91 Å². The van der Waals surface area contributed by atoms with Crippen molar-refractivity contribution in [2.75, 3.05) is 36.4 Å². The fraction of sp³-hybridized carbons (Fsp3) is 0.476.